The number of allylic oxidation sites excluding steroid dienone is 2. The highest BCUT2D eigenvalue weighted by molar-refractivity contribution is 5.09. The molecule has 3 rings (SSSR count). The lowest BCUT2D eigenvalue weighted by Crippen LogP contribution is -2.45. The van der Waals surface area contributed by atoms with Crippen LogP contribution in [0.25, 0.3) is 0 Å². The van der Waals surface area contributed by atoms with E-state index in [1.54, 1.807) is 0 Å². The summed E-state index contributed by atoms with van der Waals surface area (Å²) in [5.41, 5.74) is 0. The zero-order valence-electron chi connectivity index (χ0n) is 8.19. The van der Waals surface area contributed by atoms with Crippen LogP contribution < -0.4 is 0 Å². The fourth-order valence-corrected chi connectivity index (χ4v) is 3.15. The molecule has 2 heteroatoms. The monoisotopic (exact) mass is 186 g/mol. The highest BCUT2D eigenvalue weighted by Gasteiger charge is 2.48. The lowest BCUT2D eigenvalue weighted by molar-refractivity contribution is -0.00814. The molecule has 0 atom stereocenters. The Morgan fingerprint density at radius 2 is 1.36 bits per heavy atom. The van der Waals surface area contributed by atoms with Gasteiger partial charge in [-0.2, -0.15) is 10.5 Å². The van der Waals surface area contributed by atoms with Crippen molar-refractivity contribution in [2.75, 3.05) is 0 Å². The lowest BCUT2D eigenvalue weighted by Gasteiger charge is -2.49. The first kappa shape index (κ1) is 9.28. The maximum absolute atomic E-state index is 8.73. The fraction of sp³-hybridized carbons (Fsp3) is 0.667. The minimum Gasteiger partial charge on any atom is -0.198 e. The Bertz CT molecular complexity index is 278. The van der Waals surface area contributed by atoms with Crippen LogP contribution in [0.5, 0.6) is 0 Å². The molecule has 0 heterocycles. The number of fused-ring (bicyclic) bond motifs is 2. The Hall–Kier alpha value is -1.28. The molecule has 0 aromatic rings. The first-order chi connectivity index (χ1) is 6.88. The van der Waals surface area contributed by atoms with E-state index in [-0.39, 0.29) is 0 Å². The molecule has 0 saturated heterocycles. The molecule has 3 aliphatic carbocycles. The third-order valence-electron chi connectivity index (χ3n) is 3.84. The normalized spacial score (nSPS) is 39.0. The summed E-state index contributed by atoms with van der Waals surface area (Å²) in [7, 11) is 0. The van der Waals surface area contributed by atoms with Gasteiger partial charge in [-0.15, -0.1) is 0 Å². The van der Waals surface area contributed by atoms with Crippen LogP contribution >= 0.6 is 0 Å². The van der Waals surface area contributed by atoms with Crippen molar-refractivity contribution in [2.24, 2.45) is 23.7 Å². The number of rotatable bonds is 2. The number of nitrogens with zero attached hydrogens (tertiary/aromatic N) is 2. The summed E-state index contributed by atoms with van der Waals surface area (Å²) >= 11 is 0. The molecule has 2 bridgehead atoms. The first-order valence-corrected chi connectivity index (χ1v) is 5.27. The maximum atomic E-state index is 8.73. The lowest BCUT2D eigenvalue weighted by atomic mass is 9.54. The van der Waals surface area contributed by atoms with E-state index in [0.717, 1.165) is 12.8 Å². The van der Waals surface area contributed by atoms with Crippen LogP contribution in [0.4, 0.5) is 0 Å². The number of nitriles is 2. The van der Waals surface area contributed by atoms with Gasteiger partial charge in [-0.25, -0.2) is 0 Å². The molecule has 1 saturated carbocycles. The SMILES string of the molecule is N#CCC1C2CC=CCC1C2CC#N. The van der Waals surface area contributed by atoms with E-state index in [1.807, 2.05) is 0 Å². The van der Waals surface area contributed by atoms with Crippen LogP contribution in [0.3, 0.4) is 0 Å². The third-order valence-corrected chi connectivity index (χ3v) is 3.84. The van der Waals surface area contributed by atoms with Crippen molar-refractivity contribution in [2.45, 2.75) is 25.7 Å². The van der Waals surface area contributed by atoms with E-state index in [2.05, 4.69) is 24.3 Å². The van der Waals surface area contributed by atoms with E-state index in [4.69, 9.17) is 10.5 Å². The van der Waals surface area contributed by atoms with E-state index < -0.39 is 0 Å². The van der Waals surface area contributed by atoms with Crippen molar-refractivity contribution in [3.8, 4) is 12.1 Å². The molecule has 0 unspecified atom stereocenters. The van der Waals surface area contributed by atoms with Crippen molar-refractivity contribution in [3.63, 3.8) is 0 Å². The molecule has 0 amide bonds. The zero-order valence-corrected chi connectivity index (χ0v) is 8.19. The molecule has 0 aliphatic heterocycles. The minimum atomic E-state index is 0.563. The Labute approximate surface area is 84.8 Å². The molecule has 0 aromatic heterocycles. The second-order valence-corrected chi connectivity index (χ2v) is 4.32. The Morgan fingerprint density at radius 3 is 1.71 bits per heavy atom. The van der Waals surface area contributed by atoms with Gasteiger partial charge >= 0.3 is 0 Å². The largest absolute Gasteiger partial charge is 0.198 e. The second kappa shape index (κ2) is 3.84. The van der Waals surface area contributed by atoms with Gasteiger partial charge in [0.1, 0.15) is 0 Å². The average Bonchev–Trinajstić information content (AvgIpc) is 2.51. The second-order valence-electron chi connectivity index (χ2n) is 4.32. The van der Waals surface area contributed by atoms with E-state index >= 15 is 0 Å². The van der Waals surface area contributed by atoms with Crippen LogP contribution in [0.15, 0.2) is 12.2 Å². The van der Waals surface area contributed by atoms with Crippen molar-refractivity contribution < 1.29 is 0 Å². The van der Waals surface area contributed by atoms with E-state index in [0.29, 0.717) is 36.5 Å². The number of hydrogen-bond acceptors (Lipinski definition) is 2. The van der Waals surface area contributed by atoms with Gasteiger partial charge in [0.25, 0.3) is 0 Å². The highest BCUT2D eigenvalue weighted by atomic mass is 14.5. The maximum Gasteiger partial charge on any atom is 0.0624 e. The van der Waals surface area contributed by atoms with Gasteiger partial charge in [-0.05, 0) is 36.5 Å². The smallest absolute Gasteiger partial charge is 0.0624 e. The van der Waals surface area contributed by atoms with E-state index in [9.17, 15) is 0 Å². The van der Waals surface area contributed by atoms with Crippen LogP contribution in [0, 0.1) is 46.3 Å². The molecule has 0 N–H and O–H groups in total. The van der Waals surface area contributed by atoms with Crippen LogP contribution in [0.1, 0.15) is 25.7 Å². The predicted molar refractivity (Wildman–Crippen MR) is 52.8 cm³/mol. The topological polar surface area (TPSA) is 47.6 Å². The first-order valence-electron chi connectivity index (χ1n) is 5.27. The summed E-state index contributed by atoms with van der Waals surface area (Å²) < 4.78 is 0. The molecule has 2 nitrogen and oxygen atoms in total. The molecule has 0 spiro atoms. The molecule has 0 aromatic carbocycles. The summed E-state index contributed by atoms with van der Waals surface area (Å²) in [5.74, 6) is 2.35. The summed E-state index contributed by atoms with van der Waals surface area (Å²) in [4.78, 5) is 0. The Kier molecular flexibility index (Phi) is 2.55. The summed E-state index contributed by atoms with van der Waals surface area (Å²) in [5, 5.41) is 17.5. The molecular formula is C12H14N2. The van der Waals surface area contributed by atoms with Crippen LogP contribution in [0.2, 0.25) is 0 Å². The van der Waals surface area contributed by atoms with Gasteiger partial charge in [0.2, 0.25) is 0 Å². The van der Waals surface area contributed by atoms with Crippen molar-refractivity contribution >= 4 is 0 Å². The standard InChI is InChI=1S/C12H14N2/c13-7-5-11-9-3-1-2-4-10(11)12(9)6-8-14/h1-2,9-12H,3-6H2. The van der Waals surface area contributed by atoms with Gasteiger partial charge in [0.05, 0.1) is 12.1 Å². The molecular weight excluding hydrogens is 172 g/mol. The molecule has 3 aliphatic rings. The van der Waals surface area contributed by atoms with Crippen LogP contribution in [-0.2, 0) is 0 Å². The summed E-state index contributed by atoms with van der Waals surface area (Å²) in [6, 6.07) is 4.56. The van der Waals surface area contributed by atoms with Gasteiger partial charge in [-0.3, -0.25) is 0 Å². The third kappa shape index (κ3) is 1.32. The van der Waals surface area contributed by atoms with Gasteiger partial charge in [0, 0.05) is 12.8 Å². The summed E-state index contributed by atoms with van der Waals surface area (Å²) in [6.45, 7) is 0. The number of hydrogen-bond donors (Lipinski definition) is 0. The van der Waals surface area contributed by atoms with Gasteiger partial charge < -0.3 is 0 Å². The van der Waals surface area contributed by atoms with Crippen LogP contribution in [-0.4, -0.2) is 0 Å². The quantitative estimate of drug-likeness (QED) is 0.622. The minimum absolute atomic E-state index is 0.563. The van der Waals surface area contributed by atoms with Crippen molar-refractivity contribution in [1.82, 2.24) is 0 Å². The zero-order chi connectivity index (χ0) is 9.97. The summed E-state index contributed by atoms with van der Waals surface area (Å²) in [6.07, 6.45) is 7.97. The Balaban J connectivity index is 2.07. The Morgan fingerprint density at radius 1 is 0.929 bits per heavy atom. The van der Waals surface area contributed by atoms with Gasteiger partial charge in [0.15, 0.2) is 0 Å². The fourth-order valence-electron chi connectivity index (χ4n) is 3.15. The van der Waals surface area contributed by atoms with E-state index in [1.165, 1.54) is 0 Å². The van der Waals surface area contributed by atoms with Crippen molar-refractivity contribution in [3.05, 3.63) is 12.2 Å². The molecule has 0 radical (unpaired) electrons. The highest BCUT2D eigenvalue weighted by Crippen LogP contribution is 2.54. The predicted octanol–water partition coefficient (Wildman–Crippen LogP) is 2.64. The molecule has 1 fully saturated rings. The molecule has 14 heavy (non-hydrogen) atoms. The van der Waals surface area contributed by atoms with Crippen molar-refractivity contribution in [1.29, 1.82) is 10.5 Å². The van der Waals surface area contributed by atoms with Gasteiger partial charge in [-0.1, -0.05) is 12.2 Å². The molecule has 72 valence electrons. The average molecular weight is 186 g/mol.